The van der Waals surface area contributed by atoms with E-state index in [1.54, 1.807) is 24.3 Å². The summed E-state index contributed by atoms with van der Waals surface area (Å²) in [6.45, 7) is 14.5. The second kappa shape index (κ2) is 6.49. The van der Waals surface area contributed by atoms with Crippen molar-refractivity contribution in [2.45, 2.75) is 64.2 Å². The van der Waals surface area contributed by atoms with Crippen molar-refractivity contribution in [3.63, 3.8) is 0 Å². The summed E-state index contributed by atoms with van der Waals surface area (Å²) in [5.74, 6) is 0.359. The van der Waals surface area contributed by atoms with E-state index in [4.69, 9.17) is 4.18 Å². The van der Waals surface area contributed by atoms with Gasteiger partial charge >= 0.3 is 10.1 Å². The highest BCUT2D eigenvalue weighted by molar-refractivity contribution is 7.87. The minimum atomic E-state index is -3.85. The lowest BCUT2D eigenvalue weighted by molar-refractivity contribution is 0.481. The lowest BCUT2D eigenvalue weighted by atomic mass is 9.80. The van der Waals surface area contributed by atoms with Crippen molar-refractivity contribution >= 4 is 10.1 Å². The van der Waals surface area contributed by atoms with Crippen molar-refractivity contribution in [2.24, 2.45) is 0 Å². The van der Waals surface area contributed by atoms with E-state index in [0.717, 1.165) is 16.7 Å². The highest BCUT2D eigenvalue weighted by atomic mass is 32.2. The molecule has 0 amide bonds. The van der Waals surface area contributed by atoms with Crippen LogP contribution in [0.5, 0.6) is 5.75 Å². The van der Waals surface area contributed by atoms with Gasteiger partial charge < -0.3 is 4.18 Å². The Morgan fingerprint density at radius 3 is 1.60 bits per heavy atom. The molecule has 0 N–H and O–H groups in total. The van der Waals surface area contributed by atoms with Crippen molar-refractivity contribution in [1.29, 1.82) is 0 Å². The second-order valence-corrected chi connectivity index (χ2v) is 10.1. The maximum absolute atomic E-state index is 12.6. The number of hydrogen-bond donors (Lipinski definition) is 0. The molecule has 0 aromatic heterocycles. The Kier molecular flexibility index (Phi) is 5.06. The van der Waals surface area contributed by atoms with Crippen molar-refractivity contribution in [2.75, 3.05) is 0 Å². The Labute approximate surface area is 152 Å². The smallest absolute Gasteiger partial charge is 0.339 e. The molecule has 0 aliphatic heterocycles. The lowest BCUT2D eigenvalue weighted by Crippen LogP contribution is -2.18. The van der Waals surface area contributed by atoms with Crippen LogP contribution in [-0.2, 0) is 20.9 Å². The fourth-order valence-corrected chi connectivity index (χ4v) is 3.31. The van der Waals surface area contributed by atoms with E-state index in [1.807, 2.05) is 19.1 Å². The van der Waals surface area contributed by atoms with Gasteiger partial charge in [0.1, 0.15) is 10.6 Å². The summed E-state index contributed by atoms with van der Waals surface area (Å²) in [5.41, 5.74) is 2.90. The van der Waals surface area contributed by atoms with Gasteiger partial charge in [0.25, 0.3) is 0 Å². The molecule has 2 aromatic carbocycles. The maximum atomic E-state index is 12.6. The molecule has 2 rings (SSSR count). The number of aryl methyl sites for hydroxylation is 1. The largest absolute Gasteiger partial charge is 0.379 e. The average molecular weight is 361 g/mol. The molecule has 0 radical (unpaired) electrons. The summed E-state index contributed by atoms with van der Waals surface area (Å²) in [6.07, 6.45) is 0. The molecule has 0 aliphatic carbocycles. The zero-order chi connectivity index (χ0) is 19.0. The van der Waals surface area contributed by atoms with E-state index in [2.05, 4.69) is 47.6 Å². The van der Waals surface area contributed by atoms with Crippen LogP contribution in [0.15, 0.2) is 47.4 Å². The van der Waals surface area contributed by atoms with E-state index >= 15 is 0 Å². The van der Waals surface area contributed by atoms with Gasteiger partial charge in [-0.05, 0) is 53.1 Å². The van der Waals surface area contributed by atoms with Gasteiger partial charge in [-0.2, -0.15) is 8.42 Å². The van der Waals surface area contributed by atoms with Crippen molar-refractivity contribution in [1.82, 2.24) is 0 Å². The van der Waals surface area contributed by atoms with Crippen LogP contribution in [0.2, 0.25) is 0 Å². The third-order valence-electron chi connectivity index (χ3n) is 4.15. The fourth-order valence-electron chi connectivity index (χ4n) is 2.39. The molecule has 136 valence electrons. The Bertz CT molecular complexity index is 817. The molecule has 25 heavy (non-hydrogen) atoms. The molecule has 0 spiro atoms. The fraction of sp³-hybridized carbons (Fsp3) is 0.429. The molecular formula is C21H28O3S. The van der Waals surface area contributed by atoms with Crippen LogP contribution in [0.25, 0.3) is 0 Å². The van der Waals surface area contributed by atoms with Gasteiger partial charge in [0, 0.05) is 0 Å². The van der Waals surface area contributed by atoms with Gasteiger partial charge in [-0.25, -0.2) is 0 Å². The molecule has 0 atom stereocenters. The van der Waals surface area contributed by atoms with Crippen LogP contribution in [0, 0.1) is 6.92 Å². The molecule has 0 bridgehead atoms. The second-order valence-electron chi connectivity index (χ2n) is 8.60. The van der Waals surface area contributed by atoms with Gasteiger partial charge in [-0.3, -0.25) is 0 Å². The minimum absolute atomic E-state index is 0.104. The normalized spacial score (nSPS) is 12.9. The van der Waals surface area contributed by atoms with Gasteiger partial charge in [-0.1, -0.05) is 65.3 Å². The number of hydrogen-bond acceptors (Lipinski definition) is 3. The molecule has 0 saturated carbocycles. The predicted molar refractivity (Wildman–Crippen MR) is 103 cm³/mol. The monoisotopic (exact) mass is 360 g/mol. The summed E-state index contributed by atoms with van der Waals surface area (Å²) < 4.78 is 30.7. The van der Waals surface area contributed by atoms with Crippen LogP contribution in [0.1, 0.15) is 58.2 Å². The summed E-state index contributed by atoms with van der Waals surface area (Å²) in [6, 6.07) is 12.4. The highest BCUT2D eigenvalue weighted by Crippen LogP contribution is 2.33. The maximum Gasteiger partial charge on any atom is 0.339 e. The zero-order valence-electron chi connectivity index (χ0n) is 16.2. The minimum Gasteiger partial charge on any atom is -0.379 e. The third-order valence-corrected chi connectivity index (χ3v) is 5.42. The van der Waals surface area contributed by atoms with Gasteiger partial charge in [-0.15, -0.1) is 0 Å². The summed E-state index contributed by atoms with van der Waals surface area (Å²) in [4.78, 5) is 0.163. The molecule has 0 saturated heterocycles. The highest BCUT2D eigenvalue weighted by Gasteiger charge is 2.23. The van der Waals surface area contributed by atoms with Gasteiger partial charge in [0.05, 0.1) is 0 Å². The first-order valence-corrected chi connectivity index (χ1v) is 9.87. The van der Waals surface area contributed by atoms with E-state index < -0.39 is 10.1 Å². The Balaban J connectivity index is 2.49. The van der Waals surface area contributed by atoms with Crippen LogP contribution < -0.4 is 4.18 Å². The first kappa shape index (κ1) is 19.5. The van der Waals surface area contributed by atoms with Crippen molar-refractivity contribution in [3.8, 4) is 5.75 Å². The van der Waals surface area contributed by atoms with Crippen LogP contribution in [0.4, 0.5) is 0 Å². The molecule has 0 unspecified atom stereocenters. The van der Waals surface area contributed by atoms with Crippen LogP contribution in [0.3, 0.4) is 0 Å². The molecular weight excluding hydrogens is 332 g/mol. The number of rotatable bonds is 3. The quantitative estimate of drug-likeness (QED) is 0.692. The standard InChI is InChI=1S/C21H28O3S/c1-15-8-10-19(11-9-15)25(22,23)24-18-13-16(20(2,3)4)12-17(14-18)21(5,6)7/h8-14H,1-7H3. The number of benzene rings is 2. The Morgan fingerprint density at radius 2 is 1.20 bits per heavy atom. The van der Waals surface area contributed by atoms with Gasteiger partial charge in [0.15, 0.2) is 0 Å². The van der Waals surface area contributed by atoms with Crippen LogP contribution in [-0.4, -0.2) is 8.42 Å². The van der Waals surface area contributed by atoms with Crippen LogP contribution >= 0.6 is 0 Å². The zero-order valence-corrected chi connectivity index (χ0v) is 17.0. The Morgan fingerprint density at radius 1 is 0.760 bits per heavy atom. The van der Waals surface area contributed by atoms with Crippen molar-refractivity contribution < 1.29 is 12.6 Å². The Hall–Kier alpha value is -1.81. The van der Waals surface area contributed by atoms with Gasteiger partial charge in [0.2, 0.25) is 0 Å². The molecule has 4 heteroatoms. The molecule has 2 aromatic rings. The first-order chi connectivity index (χ1) is 11.3. The van der Waals surface area contributed by atoms with E-state index in [0.29, 0.717) is 5.75 Å². The molecule has 0 heterocycles. The predicted octanol–water partition coefficient (Wildman–Crippen LogP) is 5.36. The van der Waals surface area contributed by atoms with E-state index in [9.17, 15) is 8.42 Å². The third kappa shape index (κ3) is 4.85. The summed E-state index contributed by atoms with van der Waals surface area (Å²) >= 11 is 0. The van der Waals surface area contributed by atoms with E-state index in [-0.39, 0.29) is 15.7 Å². The lowest BCUT2D eigenvalue weighted by Gasteiger charge is -2.26. The summed E-state index contributed by atoms with van der Waals surface area (Å²) in [5, 5.41) is 0. The first-order valence-electron chi connectivity index (χ1n) is 8.46. The molecule has 0 aliphatic rings. The summed E-state index contributed by atoms with van der Waals surface area (Å²) in [7, 11) is -3.85. The van der Waals surface area contributed by atoms with E-state index in [1.165, 1.54) is 0 Å². The molecule has 0 fully saturated rings. The SMILES string of the molecule is Cc1ccc(S(=O)(=O)Oc2cc(C(C)(C)C)cc(C(C)(C)C)c2)cc1. The topological polar surface area (TPSA) is 43.4 Å². The average Bonchev–Trinajstić information content (AvgIpc) is 2.45. The molecule has 3 nitrogen and oxygen atoms in total. The van der Waals surface area contributed by atoms with Crippen molar-refractivity contribution in [3.05, 3.63) is 59.2 Å².